The van der Waals surface area contributed by atoms with E-state index in [2.05, 4.69) is 10.4 Å². The highest BCUT2D eigenvalue weighted by Crippen LogP contribution is 2.07. The highest BCUT2D eigenvalue weighted by atomic mass is 16.6. The highest BCUT2D eigenvalue weighted by molar-refractivity contribution is 5.33. The van der Waals surface area contributed by atoms with Gasteiger partial charge in [0.2, 0.25) is 0 Å². The molecule has 0 aliphatic rings. The van der Waals surface area contributed by atoms with E-state index in [1.54, 1.807) is 18.2 Å². The van der Waals surface area contributed by atoms with Gasteiger partial charge >= 0.3 is 5.69 Å². The van der Waals surface area contributed by atoms with Crippen molar-refractivity contribution < 1.29 is 4.92 Å². The molecule has 0 aliphatic carbocycles. The molecule has 0 amide bonds. The third-order valence-electron chi connectivity index (χ3n) is 2.45. The van der Waals surface area contributed by atoms with Crippen LogP contribution in [0.25, 0.3) is 0 Å². The van der Waals surface area contributed by atoms with E-state index in [0.29, 0.717) is 18.1 Å². The Morgan fingerprint density at radius 1 is 1.42 bits per heavy atom. The van der Waals surface area contributed by atoms with Crippen molar-refractivity contribution in [1.29, 1.82) is 0 Å². The number of hydrogen-bond donors (Lipinski definition) is 2. The van der Waals surface area contributed by atoms with Crippen LogP contribution >= 0.6 is 0 Å². The van der Waals surface area contributed by atoms with Crippen molar-refractivity contribution in [2.24, 2.45) is 5.84 Å². The van der Waals surface area contributed by atoms with Gasteiger partial charge in [0, 0.05) is 12.3 Å². The van der Waals surface area contributed by atoms with Gasteiger partial charge in [0.15, 0.2) is 0 Å². The SMILES string of the molecule is NNc1cccc(Cn2ccc(=O)c([N+](=O)[O-])c2)n1. The second kappa shape index (κ2) is 5.27. The summed E-state index contributed by atoms with van der Waals surface area (Å²) < 4.78 is 1.52. The third kappa shape index (κ3) is 2.93. The number of rotatable bonds is 4. The Balaban J connectivity index is 2.30. The number of nitrogens with one attached hydrogen (secondary N) is 1. The molecule has 0 unspecified atom stereocenters. The fourth-order valence-corrected chi connectivity index (χ4v) is 1.58. The van der Waals surface area contributed by atoms with Crippen molar-refractivity contribution >= 4 is 11.5 Å². The Kier molecular flexibility index (Phi) is 3.53. The van der Waals surface area contributed by atoms with Gasteiger partial charge in [0.25, 0.3) is 5.43 Å². The molecule has 2 aromatic rings. The summed E-state index contributed by atoms with van der Waals surface area (Å²) in [5.41, 5.74) is 1.99. The third-order valence-corrected chi connectivity index (χ3v) is 2.45. The molecule has 0 radical (unpaired) electrons. The molecule has 3 N–H and O–H groups in total. The summed E-state index contributed by atoms with van der Waals surface area (Å²) in [6.07, 6.45) is 2.66. The van der Waals surface area contributed by atoms with E-state index >= 15 is 0 Å². The maximum atomic E-state index is 11.3. The average Bonchev–Trinajstić information content (AvgIpc) is 2.41. The van der Waals surface area contributed by atoms with E-state index in [-0.39, 0.29) is 0 Å². The smallest absolute Gasteiger partial charge is 0.332 e. The summed E-state index contributed by atoms with van der Waals surface area (Å²) in [5, 5.41) is 10.7. The monoisotopic (exact) mass is 261 g/mol. The van der Waals surface area contributed by atoms with Gasteiger partial charge in [0.1, 0.15) is 5.82 Å². The van der Waals surface area contributed by atoms with E-state index in [1.165, 1.54) is 17.0 Å². The van der Waals surface area contributed by atoms with E-state index in [4.69, 9.17) is 5.84 Å². The van der Waals surface area contributed by atoms with Gasteiger partial charge < -0.3 is 9.99 Å². The molecule has 0 aliphatic heterocycles. The van der Waals surface area contributed by atoms with Gasteiger partial charge in [-0.25, -0.2) is 10.8 Å². The van der Waals surface area contributed by atoms with Crippen molar-refractivity contribution in [3.8, 4) is 0 Å². The van der Waals surface area contributed by atoms with Crippen molar-refractivity contribution in [3.63, 3.8) is 0 Å². The molecule has 8 heteroatoms. The number of nitrogens with two attached hydrogens (primary N) is 1. The number of pyridine rings is 2. The highest BCUT2D eigenvalue weighted by Gasteiger charge is 2.11. The Labute approximate surface area is 107 Å². The minimum absolute atomic E-state index is 0.302. The molecule has 0 fully saturated rings. The van der Waals surface area contributed by atoms with Crippen molar-refractivity contribution in [2.75, 3.05) is 5.43 Å². The predicted molar refractivity (Wildman–Crippen MR) is 68.5 cm³/mol. The van der Waals surface area contributed by atoms with E-state index in [9.17, 15) is 14.9 Å². The van der Waals surface area contributed by atoms with Crippen LogP contribution in [0.15, 0.2) is 41.5 Å². The maximum absolute atomic E-state index is 11.3. The molecular formula is C11H11N5O3. The number of anilines is 1. The first kappa shape index (κ1) is 12.7. The molecule has 0 bridgehead atoms. The fourth-order valence-electron chi connectivity index (χ4n) is 1.58. The Hall–Kier alpha value is -2.74. The second-order valence-electron chi connectivity index (χ2n) is 3.78. The Bertz CT molecular complexity index is 667. The number of hydrogen-bond acceptors (Lipinski definition) is 6. The molecule has 8 nitrogen and oxygen atoms in total. The number of nitrogens with zero attached hydrogens (tertiary/aromatic N) is 3. The lowest BCUT2D eigenvalue weighted by Gasteiger charge is -2.06. The lowest BCUT2D eigenvalue weighted by molar-refractivity contribution is -0.386. The van der Waals surface area contributed by atoms with E-state index in [0.717, 1.165) is 6.07 Å². The van der Waals surface area contributed by atoms with Crippen molar-refractivity contribution in [1.82, 2.24) is 9.55 Å². The zero-order chi connectivity index (χ0) is 13.8. The summed E-state index contributed by atoms with van der Waals surface area (Å²) in [7, 11) is 0. The molecule has 0 saturated carbocycles. The Morgan fingerprint density at radius 3 is 2.89 bits per heavy atom. The lowest BCUT2D eigenvalue weighted by Crippen LogP contribution is -2.13. The van der Waals surface area contributed by atoms with Gasteiger partial charge in [-0.2, -0.15) is 0 Å². The van der Waals surface area contributed by atoms with Gasteiger partial charge in [-0.3, -0.25) is 14.9 Å². The van der Waals surface area contributed by atoms with Crippen molar-refractivity contribution in [2.45, 2.75) is 6.54 Å². The molecule has 0 aromatic carbocycles. The van der Waals surface area contributed by atoms with Crippen LogP contribution in [0.4, 0.5) is 11.5 Å². The summed E-state index contributed by atoms with van der Waals surface area (Å²) in [6.45, 7) is 0.302. The second-order valence-corrected chi connectivity index (χ2v) is 3.78. The summed E-state index contributed by atoms with van der Waals surface area (Å²) in [5.74, 6) is 5.74. The van der Waals surface area contributed by atoms with Crippen LogP contribution in [0.3, 0.4) is 0 Å². The number of nitrogen functional groups attached to an aromatic ring is 1. The molecule has 2 heterocycles. The Morgan fingerprint density at radius 2 is 2.21 bits per heavy atom. The van der Waals surface area contributed by atoms with Gasteiger partial charge in [-0.05, 0) is 12.1 Å². The zero-order valence-corrected chi connectivity index (χ0v) is 9.81. The van der Waals surface area contributed by atoms with Gasteiger partial charge in [0.05, 0.1) is 23.4 Å². The van der Waals surface area contributed by atoms with E-state index in [1.807, 2.05) is 0 Å². The van der Waals surface area contributed by atoms with Crippen LogP contribution < -0.4 is 16.7 Å². The number of hydrazine groups is 1. The molecule has 2 aromatic heterocycles. The van der Waals surface area contributed by atoms with Crippen LogP contribution in [-0.4, -0.2) is 14.5 Å². The van der Waals surface area contributed by atoms with Gasteiger partial charge in [-0.15, -0.1) is 0 Å². The molecule has 0 spiro atoms. The number of nitro groups is 1. The topological polar surface area (TPSA) is 116 Å². The zero-order valence-electron chi connectivity index (χ0n) is 9.81. The lowest BCUT2D eigenvalue weighted by atomic mass is 10.3. The molecular weight excluding hydrogens is 250 g/mol. The predicted octanol–water partition coefficient (Wildman–Crippen LogP) is 0.485. The fraction of sp³-hybridized carbons (Fsp3) is 0.0909. The quantitative estimate of drug-likeness (QED) is 0.470. The minimum Gasteiger partial charge on any atom is -0.342 e. The largest absolute Gasteiger partial charge is 0.342 e. The summed E-state index contributed by atoms with van der Waals surface area (Å²) in [6, 6.07) is 6.36. The summed E-state index contributed by atoms with van der Waals surface area (Å²) >= 11 is 0. The molecule has 98 valence electrons. The minimum atomic E-state index is -0.704. The molecule has 2 rings (SSSR count). The first-order chi connectivity index (χ1) is 9.10. The molecule has 0 saturated heterocycles. The normalized spacial score (nSPS) is 10.2. The van der Waals surface area contributed by atoms with Gasteiger partial charge in [-0.1, -0.05) is 6.07 Å². The molecule has 0 atom stereocenters. The average molecular weight is 261 g/mol. The van der Waals surface area contributed by atoms with Crippen LogP contribution in [0.1, 0.15) is 5.69 Å². The standard InChI is InChI=1S/C11H11N5O3/c12-14-11-3-1-2-8(13-11)6-15-5-4-10(17)9(7-15)16(18)19/h1-5,7H,6,12H2,(H,13,14). The summed E-state index contributed by atoms with van der Waals surface area (Å²) in [4.78, 5) is 25.4. The first-order valence-corrected chi connectivity index (χ1v) is 5.37. The van der Waals surface area contributed by atoms with Crippen LogP contribution in [0.2, 0.25) is 0 Å². The van der Waals surface area contributed by atoms with Crippen molar-refractivity contribution in [3.05, 3.63) is 62.7 Å². The number of aromatic nitrogens is 2. The molecule has 19 heavy (non-hydrogen) atoms. The maximum Gasteiger partial charge on any atom is 0.332 e. The first-order valence-electron chi connectivity index (χ1n) is 5.37. The van der Waals surface area contributed by atoms with Crippen LogP contribution in [-0.2, 0) is 6.54 Å². The van der Waals surface area contributed by atoms with Crippen LogP contribution in [0, 0.1) is 10.1 Å². The van der Waals surface area contributed by atoms with E-state index < -0.39 is 16.0 Å². The van der Waals surface area contributed by atoms with Crippen LogP contribution in [0.5, 0.6) is 0 Å².